The van der Waals surface area contributed by atoms with Crippen molar-refractivity contribution in [2.45, 2.75) is 31.7 Å². The van der Waals surface area contributed by atoms with E-state index in [4.69, 9.17) is 8.83 Å². The van der Waals surface area contributed by atoms with E-state index in [1.165, 1.54) is 17.3 Å². The first-order valence-electron chi connectivity index (χ1n) is 8.95. The number of aromatic nitrogens is 1. The van der Waals surface area contributed by atoms with Gasteiger partial charge >= 0.3 is 0 Å². The summed E-state index contributed by atoms with van der Waals surface area (Å²) in [6, 6.07) is 15.2. The lowest BCUT2D eigenvalue weighted by atomic mass is 10.1. The Bertz CT molecular complexity index is 1160. The smallest absolute Gasteiger partial charge is 0.291 e. The molecule has 1 amide bonds. The zero-order valence-corrected chi connectivity index (χ0v) is 16.7. The summed E-state index contributed by atoms with van der Waals surface area (Å²) in [4.78, 5) is 16.9. The van der Waals surface area contributed by atoms with Gasteiger partial charge in [0.05, 0.1) is 5.75 Å². The summed E-state index contributed by atoms with van der Waals surface area (Å²) >= 11 is 1.43. The maximum absolute atomic E-state index is 12.4. The average molecular weight is 392 g/mol. The molecule has 28 heavy (non-hydrogen) atoms. The lowest BCUT2D eigenvalue weighted by molar-refractivity contribution is 0.0995. The summed E-state index contributed by atoms with van der Waals surface area (Å²) in [7, 11) is 0. The van der Waals surface area contributed by atoms with E-state index in [9.17, 15) is 4.79 Å². The molecule has 6 heteroatoms. The number of thioether (sulfide) groups is 1. The molecule has 2 aromatic carbocycles. The van der Waals surface area contributed by atoms with Gasteiger partial charge in [-0.15, -0.1) is 0 Å². The van der Waals surface area contributed by atoms with Crippen molar-refractivity contribution in [3.8, 4) is 0 Å². The number of aryl methyl sites for hydroxylation is 3. The number of carbonyl (C=O) groups excluding carboxylic acids is 1. The number of oxazole rings is 1. The fraction of sp³-hybridized carbons (Fsp3) is 0.182. The van der Waals surface area contributed by atoms with E-state index in [-0.39, 0.29) is 11.7 Å². The summed E-state index contributed by atoms with van der Waals surface area (Å²) in [5.74, 6) is 1.23. The molecule has 2 heterocycles. The third kappa shape index (κ3) is 3.97. The molecular weight excluding hydrogens is 372 g/mol. The molecule has 4 aromatic rings. The SMILES string of the molecule is Cc1ccc2nc(SCc3ccc(C(=O)Nc4ccc(C)c(C)c4)o3)oc2c1. The molecule has 4 rings (SSSR count). The van der Waals surface area contributed by atoms with Gasteiger partial charge in [0, 0.05) is 5.69 Å². The fourth-order valence-corrected chi connectivity index (χ4v) is 3.53. The van der Waals surface area contributed by atoms with E-state index in [1.807, 2.05) is 57.2 Å². The van der Waals surface area contributed by atoms with Crippen LogP contribution >= 0.6 is 11.8 Å². The zero-order chi connectivity index (χ0) is 19.7. The second kappa shape index (κ2) is 7.56. The van der Waals surface area contributed by atoms with Crippen LogP contribution in [0.4, 0.5) is 5.69 Å². The summed E-state index contributed by atoms with van der Waals surface area (Å²) in [6.45, 7) is 6.07. The van der Waals surface area contributed by atoms with Gasteiger partial charge < -0.3 is 14.2 Å². The minimum absolute atomic E-state index is 0.267. The minimum Gasteiger partial charge on any atom is -0.455 e. The topological polar surface area (TPSA) is 68.3 Å². The summed E-state index contributed by atoms with van der Waals surface area (Å²) < 4.78 is 11.4. The number of hydrogen-bond donors (Lipinski definition) is 1. The molecule has 0 spiro atoms. The normalized spacial score (nSPS) is 11.1. The predicted octanol–water partition coefficient (Wildman–Crippen LogP) is 5.89. The van der Waals surface area contributed by atoms with Crippen LogP contribution in [0, 0.1) is 20.8 Å². The Morgan fingerprint density at radius 2 is 1.86 bits per heavy atom. The van der Waals surface area contributed by atoms with Crippen LogP contribution in [0.15, 0.2) is 62.6 Å². The Hall–Kier alpha value is -2.99. The number of amides is 1. The first kappa shape index (κ1) is 18.4. The zero-order valence-electron chi connectivity index (χ0n) is 15.9. The van der Waals surface area contributed by atoms with E-state index in [2.05, 4.69) is 10.3 Å². The molecule has 0 aliphatic rings. The van der Waals surface area contributed by atoms with Crippen LogP contribution in [-0.2, 0) is 5.75 Å². The number of furan rings is 1. The molecule has 0 radical (unpaired) electrons. The average Bonchev–Trinajstić information content (AvgIpc) is 3.29. The van der Waals surface area contributed by atoms with Crippen LogP contribution < -0.4 is 5.32 Å². The Kier molecular flexibility index (Phi) is 4.96. The van der Waals surface area contributed by atoms with Crippen molar-refractivity contribution in [1.82, 2.24) is 4.98 Å². The molecule has 2 aromatic heterocycles. The highest BCUT2D eigenvalue weighted by Gasteiger charge is 2.13. The number of hydrogen-bond acceptors (Lipinski definition) is 5. The fourth-order valence-electron chi connectivity index (χ4n) is 2.79. The molecule has 0 aliphatic carbocycles. The highest BCUT2D eigenvalue weighted by Crippen LogP contribution is 2.27. The second-order valence-electron chi connectivity index (χ2n) is 6.76. The molecule has 5 nitrogen and oxygen atoms in total. The van der Waals surface area contributed by atoms with Crippen molar-refractivity contribution in [2.75, 3.05) is 5.32 Å². The first-order valence-corrected chi connectivity index (χ1v) is 9.94. The summed E-state index contributed by atoms with van der Waals surface area (Å²) in [5.41, 5.74) is 5.80. The quantitative estimate of drug-likeness (QED) is 0.429. The molecule has 0 aliphatic heterocycles. The van der Waals surface area contributed by atoms with E-state index >= 15 is 0 Å². The van der Waals surface area contributed by atoms with E-state index in [0.29, 0.717) is 16.7 Å². The highest BCUT2D eigenvalue weighted by atomic mass is 32.2. The van der Waals surface area contributed by atoms with Crippen molar-refractivity contribution < 1.29 is 13.6 Å². The van der Waals surface area contributed by atoms with Crippen LogP contribution in [-0.4, -0.2) is 10.9 Å². The summed E-state index contributed by atoms with van der Waals surface area (Å²) in [5, 5.41) is 3.45. The number of anilines is 1. The van der Waals surface area contributed by atoms with E-state index in [1.54, 1.807) is 12.1 Å². The van der Waals surface area contributed by atoms with Crippen molar-refractivity contribution in [2.24, 2.45) is 0 Å². The molecule has 0 saturated heterocycles. The van der Waals surface area contributed by atoms with Crippen LogP contribution in [0.2, 0.25) is 0 Å². The van der Waals surface area contributed by atoms with E-state index < -0.39 is 0 Å². The molecule has 0 fully saturated rings. The molecule has 1 N–H and O–H groups in total. The minimum atomic E-state index is -0.267. The van der Waals surface area contributed by atoms with Crippen molar-refractivity contribution in [3.63, 3.8) is 0 Å². The number of carbonyl (C=O) groups is 1. The number of fused-ring (bicyclic) bond motifs is 1. The van der Waals surface area contributed by atoms with Crippen LogP contribution in [0.1, 0.15) is 33.0 Å². The van der Waals surface area contributed by atoms with Gasteiger partial charge in [0.2, 0.25) is 0 Å². The third-order valence-corrected chi connectivity index (χ3v) is 5.36. The van der Waals surface area contributed by atoms with Gasteiger partial charge in [-0.05, 0) is 73.9 Å². The molecule has 0 bridgehead atoms. The third-order valence-electron chi connectivity index (χ3n) is 4.51. The van der Waals surface area contributed by atoms with Gasteiger partial charge in [-0.3, -0.25) is 4.79 Å². The standard InChI is InChI=1S/C22H20N2O3S/c1-13-4-8-18-20(10-13)27-22(24-18)28-12-17-7-9-19(26-17)21(25)23-16-6-5-14(2)15(3)11-16/h4-11H,12H2,1-3H3,(H,23,25). The van der Waals surface area contributed by atoms with Gasteiger partial charge in [0.15, 0.2) is 11.3 Å². The Morgan fingerprint density at radius 1 is 1.00 bits per heavy atom. The lowest BCUT2D eigenvalue weighted by Crippen LogP contribution is -2.11. The summed E-state index contributed by atoms with van der Waals surface area (Å²) in [6.07, 6.45) is 0. The first-order chi connectivity index (χ1) is 13.5. The lowest BCUT2D eigenvalue weighted by Gasteiger charge is -2.06. The number of nitrogens with one attached hydrogen (secondary N) is 1. The number of rotatable bonds is 5. The Morgan fingerprint density at radius 3 is 2.68 bits per heavy atom. The van der Waals surface area contributed by atoms with Gasteiger partial charge in [-0.25, -0.2) is 4.98 Å². The molecule has 0 saturated carbocycles. The van der Waals surface area contributed by atoms with Crippen LogP contribution in [0.5, 0.6) is 0 Å². The van der Waals surface area contributed by atoms with Gasteiger partial charge in [0.25, 0.3) is 11.1 Å². The second-order valence-corrected chi connectivity index (χ2v) is 7.69. The van der Waals surface area contributed by atoms with E-state index in [0.717, 1.165) is 27.9 Å². The highest BCUT2D eigenvalue weighted by molar-refractivity contribution is 7.98. The van der Waals surface area contributed by atoms with Crippen molar-refractivity contribution in [3.05, 3.63) is 76.7 Å². The van der Waals surface area contributed by atoms with Gasteiger partial charge in [0.1, 0.15) is 11.3 Å². The Labute approximate surface area is 167 Å². The number of nitrogens with zero attached hydrogens (tertiary/aromatic N) is 1. The molecule has 0 atom stereocenters. The van der Waals surface area contributed by atoms with Crippen molar-refractivity contribution >= 4 is 34.5 Å². The monoisotopic (exact) mass is 392 g/mol. The van der Waals surface area contributed by atoms with Crippen LogP contribution in [0.25, 0.3) is 11.1 Å². The maximum Gasteiger partial charge on any atom is 0.291 e. The van der Waals surface area contributed by atoms with Gasteiger partial charge in [-0.2, -0.15) is 0 Å². The number of benzene rings is 2. The molecule has 142 valence electrons. The Balaban J connectivity index is 1.40. The van der Waals surface area contributed by atoms with Crippen molar-refractivity contribution in [1.29, 1.82) is 0 Å². The molecular formula is C22H20N2O3S. The van der Waals surface area contributed by atoms with Gasteiger partial charge in [-0.1, -0.05) is 23.9 Å². The maximum atomic E-state index is 12.4. The molecule has 0 unspecified atom stereocenters. The predicted molar refractivity (Wildman–Crippen MR) is 111 cm³/mol. The van der Waals surface area contributed by atoms with Crippen LogP contribution in [0.3, 0.4) is 0 Å². The largest absolute Gasteiger partial charge is 0.455 e.